The van der Waals surface area contributed by atoms with Gasteiger partial charge < -0.3 is 0 Å². The van der Waals surface area contributed by atoms with E-state index >= 15 is 0 Å². The summed E-state index contributed by atoms with van der Waals surface area (Å²) < 4.78 is 1.33. The number of unbranched alkanes of at least 4 members (excludes halogenated alkanes) is 12. The molecule has 0 aromatic heterocycles. The Morgan fingerprint density at radius 2 is 1.29 bits per heavy atom. The van der Waals surface area contributed by atoms with Crippen LogP contribution in [0.4, 0.5) is 0 Å². The standard InChI is InChI=1S/C27H46O3Se/c1-2-3-4-5-6-7-8-9-10-11-12-13-17-22-26(25(28)21-18-23-27(29)30)31-24-19-15-14-16-20-24/h14-16,19-20,25-26,28H,2-13,17-18,21-23H2,1H3,(H,29,30). The van der Waals surface area contributed by atoms with Gasteiger partial charge in [-0.25, -0.2) is 0 Å². The first kappa shape index (κ1) is 28.2. The summed E-state index contributed by atoms with van der Waals surface area (Å²) in [6.07, 6.45) is 19.6. The molecule has 0 saturated carbocycles. The Labute approximate surface area is 197 Å². The Balaban J connectivity index is 2.16. The maximum absolute atomic E-state index is 10.8. The van der Waals surface area contributed by atoms with Gasteiger partial charge in [0.15, 0.2) is 0 Å². The molecule has 0 aliphatic carbocycles. The predicted molar refractivity (Wildman–Crippen MR) is 133 cm³/mol. The summed E-state index contributed by atoms with van der Waals surface area (Å²) in [6.45, 7) is 2.27. The van der Waals surface area contributed by atoms with Gasteiger partial charge >= 0.3 is 172 Å². The number of aliphatic carboxylic acids is 1. The molecule has 0 spiro atoms. The fourth-order valence-corrected chi connectivity index (χ4v) is 6.62. The molecule has 0 radical (unpaired) electrons. The zero-order valence-corrected chi connectivity index (χ0v) is 21.5. The Hall–Kier alpha value is -0.831. The van der Waals surface area contributed by atoms with E-state index in [0.29, 0.717) is 12.8 Å². The summed E-state index contributed by atoms with van der Waals surface area (Å²) in [5, 5.41) is 19.6. The van der Waals surface area contributed by atoms with E-state index in [2.05, 4.69) is 31.2 Å². The predicted octanol–water partition coefficient (Wildman–Crippen LogP) is 6.90. The monoisotopic (exact) mass is 498 g/mol. The van der Waals surface area contributed by atoms with Gasteiger partial charge in [-0.15, -0.1) is 0 Å². The van der Waals surface area contributed by atoms with Crippen molar-refractivity contribution in [1.29, 1.82) is 0 Å². The van der Waals surface area contributed by atoms with E-state index < -0.39 is 5.97 Å². The number of carboxylic acids is 1. The van der Waals surface area contributed by atoms with Crippen molar-refractivity contribution in [3.8, 4) is 0 Å². The van der Waals surface area contributed by atoms with E-state index in [1.165, 1.54) is 87.9 Å². The molecular weight excluding hydrogens is 451 g/mol. The van der Waals surface area contributed by atoms with Crippen LogP contribution < -0.4 is 4.46 Å². The SMILES string of the molecule is CCCCCCCCCCCCCCCC([Se]c1ccccc1)C(O)CCCC(=O)O. The van der Waals surface area contributed by atoms with Crippen LogP contribution in [0, 0.1) is 0 Å². The summed E-state index contributed by atoms with van der Waals surface area (Å²) in [5.74, 6) is -0.770. The molecule has 0 aliphatic heterocycles. The second kappa shape index (κ2) is 19.8. The minimum absolute atomic E-state index is 0.154. The van der Waals surface area contributed by atoms with Crippen LogP contribution in [0.25, 0.3) is 0 Å². The number of hydrogen-bond acceptors (Lipinski definition) is 2. The Morgan fingerprint density at radius 1 is 0.774 bits per heavy atom. The summed E-state index contributed by atoms with van der Waals surface area (Å²) >= 11 is 0.237. The van der Waals surface area contributed by atoms with Gasteiger partial charge in [0.25, 0.3) is 0 Å². The van der Waals surface area contributed by atoms with Gasteiger partial charge in [-0.1, -0.05) is 26.2 Å². The van der Waals surface area contributed by atoms with Crippen molar-refractivity contribution < 1.29 is 15.0 Å². The van der Waals surface area contributed by atoms with Gasteiger partial charge in [-0.05, 0) is 0 Å². The van der Waals surface area contributed by atoms with Gasteiger partial charge in [0, 0.05) is 0 Å². The van der Waals surface area contributed by atoms with Crippen LogP contribution >= 0.6 is 0 Å². The molecule has 0 bridgehead atoms. The van der Waals surface area contributed by atoms with Crippen LogP contribution in [-0.2, 0) is 4.79 Å². The molecule has 2 atom stereocenters. The van der Waals surface area contributed by atoms with Crippen molar-refractivity contribution in [3.05, 3.63) is 30.3 Å². The van der Waals surface area contributed by atoms with E-state index in [0.717, 1.165) is 6.42 Å². The second-order valence-electron chi connectivity index (χ2n) is 8.85. The van der Waals surface area contributed by atoms with Gasteiger partial charge in [0.1, 0.15) is 0 Å². The molecule has 0 aliphatic rings. The van der Waals surface area contributed by atoms with Crippen LogP contribution in [0.2, 0.25) is 4.82 Å². The number of hydrogen-bond donors (Lipinski definition) is 2. The van der Waals surface area contributed by atoms with E-state index in [-0.39, 0.29) is 32.3 Å². The molecule has 2 N–H and O–H groups in total. The summed E-state index contributed by atoms with van der Waals surface area (Å²) in [5.41, 5.74) is 0. The first-order valence-electron chi connectivity index (χ1n) is 12.7. The third-order valence-electron chi connectivity index (χ3n) is 5.94. The number of rotatable bonds is 21. The molecule has 0 heterocycles. The molecule has 0 amide bonds. The third-order valence-corrected chi connectivity index (χ3v) is 8.87. The molecule has 3 nitrogen and oxygen atoms in total. The third kappa shape index (κ3) is 16.5. The maximum atomic E-state index is 10.8. The van der Waals surface area contributed by atoms with Gasteiger partial charge in [0.2, 0.25) is 0 Å². The fourth-order valence-electron chi connectivity index (χ4n) is 4.02. The van der Waals surface area contributed by atoms with E-state index in [9.17, 15) is 9.90 Å². The summed E-state index contributed by atoms with van der Waals surface area (Å²) in [4.78, 5) is 11.1. The second-order valence-corrected chi connectivity index (χ2v) is 11.6. The zero-order chi connectivity index (χ0) is 22.6. The van der Waals surface area contributed by atoms with Crippen molar-refractivity contribution in [2.75, 3.05) is 0 Å². The summed E-state index contributed by atoms with van der Waals surface area (Å²) in [6, 6.07) is 10.5. The Kier molecular flexibility index (Phi) is 18.0. The number of carboxylic acid groups (broad SMARTS) is 1. The number of benzene rings is 1. The van der Waals surface area contributed by atoms with Gasteiger partial charge in [-0.3, -0.25) is 0 Å². The van der Waals surface area contributed by atoms with Crippen molar-refractivity contribution in [3.63, 3.8) is 0 Å². The first-order chi connectivity index (χ1) is 15.1. The molecule has 1 rings (SSSR count). The van der Waals surface area contributed by atoms with E-state index in [1.807, 2.05) is 6.07 Å². The summed E-state index contributed by atoms with van der Waals surface area (Å²) in [7, 11) is 0. The van der Waals surface area contributed by atoms with Gasteiger partial charge in [0.05, 0.1) is 0 Å². The molecule has 0 saturated heterocycles. The van der Waals surface area contributed by atoms with Crippen LogP contribution in [0.5, 0.6) is 0 Å². The minimum atomic E-state index is -0.770. The van der Waals surface area contributed by atoms with E-state index in [1.54, 1.807) is 0 Å². The Morgan fingerprint density at radius 3 is 1.81 bits per heavy atom. The molecule has 0 fully saturated rings. The molecule has 178 valence electrons. The van der Waals surface area contributed by atoms with Crippen LogP contribution in [-0.4, -0.2) is 37.2 Å². The Bertz CT molecular complexity index is 535. The van der Waals surface area contributed by atoms with Crippen LogP contribution in [0.1, 0.15) is 116 Å². The zero-order valence-electron chi connectivity index (χ0n) is 19.8. The van der Waals surface area contributed by atoms with Crippen LogP contribution in [0.3, 0.4) is 0 Å². The molecular formula is C27H46O3Se. The molecule has 31 heavy (non-hydrogen) atoms. The molecule has 2 unspecified atom stereocenters. The van der Waals surface area contributed by atoms with Crippen molar-refractivity contribution in [2.24, 2.45) is 0 Å². The van der Waals surface area contributed by atoms with Crippen molar-refractivity contribution >= 4 is 25.4 Å². The fraction of sp³-hybridized carbons (Fsp3) is 0.741. The molecule has 1 aromatic carbocycles. The average Bonchev–Trinajstić information content (AvgIpc) is 2.76. The van der Waals surface area contributed by atoms with Gasteiger partial charge in [-0.2, -0.15) is 0 Å². The first-order valence-corrected chi connectivity index (χ1v) is 14.6. The number of aliphatic hydroxyl groups excluding tert-OH is 1. The van der Waals surface area contributed by atoms with Crippen molar-refractivity contribution in [2.45, 2.75) is 127 Å². The topological polar surface area (TPSA) is 57.5 Å². The molecule has 4 heteroatoms. The number of aliphatic hydroxyl groups is 1. The van der Waals surface area contributed by atoms with Crippen molar-refractivity contribution in [1.82, 2.24) is 0 Å². The normalized spacial score (nSPS) is 13.2. The molecule has 1 aromatic rings. The average molecular weight is 498 g/mol. The quantitative estimate of drug-likeness (QED) is 0.143. The van der Waals surface area contributed by atoms with E-state index in [4.69, 9.17) is 5.11 Å². The number of carbonyl (C=O) groups is 1. The van der Waals surface area contributed by atoms with Crippen LogP contribution in [0.15, 0.2) is 30.3 Å².